The van der Waals surface area contributed by atoms with Crippen molar-refractivity contribution < 1.29 is 14.6 Å². The van der Waals surface area contributed by atoms with Crippen LogP contribution in [0, 0.1) is 0 Å². The van der Waals surface area contributed by atoms with Crippen LogP contribution in [-0.4, -0.2) is 59.8 Å². The van der Waals surface area contributed by atoms with E-state index < -0.39 is 5.97 Å². The molecule has 0 aromatic carbocycles. The second-order valence-electron chi connectivity index (χ2n) is 3.79. The molecule has 1 aliphatic rings. The summed E-state index contributed by atoms with van der Waals surface area (Å²) in [6.45, 7) is 3.60. The highest BCUT2D eigenvalue weighted by Gasteiger charge is 2.30. The molecule has 0 aromatic rings. The van der Waals surface area contributed by atoms with E-state index in [1.807, 2.05) is 16.7 Å². The standard InChI is InChI=1S/C10H19NO3S/c1-8-9(3-6-15-8)11(4-5-14-2)7-10(12)13/h8-9H,3-7H2,1-2H3,(H,12,13). The van der Waals surface area contributed by atoms with Crippen LogP contribution >= 0.6 is 11.8 Å². The van der Waals surface area contributed by atoms with Crippen molar-refractivity contribution in [3.63, 3.8) is 0 Å². The Kier molecular flexibility index (Phi) is 5.42. The number of rotatable bonds is 6. The molecule has 2 atom stereocenters. The predicted molar refractivity (Wildman–Crippen MR) is 61.4 cm³/mol. The maximum Gasteiger partial charge on any atom is 0.317 e. The minimum absolute atomic E-state index is 0.124. The molecule has 5 heteroatoms. The van der Waals surface area contributed by atoms with Crippen molar-refractivity contribution >= 4 is 17.7 Å². The van der Waals surface area contributed by atoms with Gasteiger partial charge in [0.15, 0.2) is 0 Å². The fourth-order valence-electron chi connectivity index (χ4n) is 1.94. The van der Waals surface area contributed by atoms with Crippen molar-refractivity contribution in [2.45, 2.75) is 24.6 Å². The molecule has 1 fully saturated rings. The van der Waals surface area contributed by atoms with Gasteiger partial charge in [-0.05, 0) is 12.2 Å². The molecular formula is C10H19NO3S. The second kappa shape index (κ2) is 6.35. The fraction of sp³-hybridized carbons (Fsp3) is 0.900. The predicted octanol–water partition coefficient (Wildman–Crippen LogP) is 0.913. The molecule has 4 nitrogen and oxygen atoms in total. The number of carboxylic acids is 1. The Bertz CT molecular complexity index is 213. The van der Waals surface area contributed by atoms with E-state index in [0.29, 0.717) is 24.4 Å². The molecular weight excluding hydrogens is 214 g/mol. The summed E-state index contributed by atoms with van der Waals surface area (Å²) in [5.41, 5.74) is 0. The van der Waals surface area contributed by atoms with Gasteiger partial charge in [0.25, 0.3) is 0 Å². The lowest BCUT2D eigenvalue weighted by atomic mass is 10.1. The number of methoxy groups -OCH3 is 1. The molecule has 0 spiro atoms. The van der Waals surface area contributed by atoms with Crippen LogP contribution in [-0.2, 0) is 9.53 Å². The highest BCUT2D eigenvalue weighted by atomic mass is 32.2. The number of hydrogen-bond donors (Lipinski definition) is 1. The summed E-state index contributed by atoms with van der Waals surface area (Å²) in [5.74, 6) is 0.379. The Labute approximate surface area is 95.0 Å². The minimum Gasteiger partial charge on any atom is -0.480 e. The Morgan fingerprint density at radius 2 is 2.40 bits per heavy atom. The van der Waals surface area contributed by atoms with Crippen molar-refractivity contribution in [3.05, 3.63) is 0 Å². The van der Waals surface area contributed by atoms with E-state index in [1.54, 1.807) is 7.11 Å². The summed E-state index contributed by atoms with van der Waals surface area (Å²) in [4.78, 5) is 12.8. The molecule has 0 aromatic heterocycles. The number of ether oxygens (including phenoxy) is 1. The molecule has 0 saturated carbocycles. The maximum atomic E-state index is 10.7. The van der Waals surface area contributed by atoms with Crippen molar-refractivity contribution in [1.29, 1.82) is 0 Å². The van der Waals surface area contributed by atoms with Crippen molar-refractivity contribution in [1.82, 2.24) is 4.90 Å². The summed E-state index contributed by atoms with van der Waals surface area (Å²) < 4.78 is 5.01. The van der Waals surface area contributed by atoms with E-state index in [2.05, 4.69) is 6.92 Å². The number of nitrogens with zero attached hydrogens (tertiary/aromatic N) is 1. The molecule has 0 bridgehead atoms. The average molecular weight is 233 g/mol. The van der Waals surface area contributed by atoms with E-state index in [9.17, 15) is 4.79 Å². The van der Waals surface area contributed by atoms with Crippen LogP contribution in [0.3, 0.4) is 0 Å². The third kappa shape index (κ3) is 4.01. The number of hydrogen-bond acceptors (Lipinski definition) is 4. The third-order valence-electron chi connectivity index (χ3n) is 2.73. The average Bonchev–Trinajstić information content (AvgIpc) is 2.58. The summed E-state index contributed by atoms with van der Waals surface area (Å²) in [6.07, 6.45) is 1.09. The SMILES string of the molecule is COCCN(CC(=O)O)C1CCSC1C. The van der Waals surface area contributed by atoms with Crippen LogP contribution in [0.4, 0.5) is 0 Å². The van der Waals surface area contributed by atoms with Gasteiger partial charge < -0.3 is 9.84 Å². The van der Waals surface area contributed by atoms with Gasteiger partial charge >= 0.3 is 5.97 Å². The largest absolute Gasteiger partial charge is 0.480 e. The monoisotopic (exact) mass is 233 g/mol. The lowest BCUT2D eigenvalue weighted by Gasteiger charge is -2.29. The van der Waals surface area contributed by atoms with Gasteiger partial charge in [0.1, 0.15) is 0 Å². The summed E-state index contributed by atoms with van der Waals surface area (Å²) >= 11 is 1.92. The molecule has 0 radical (unpaired) electrons. The van der Waals surface area contributed by atoms with Gasteiger partial charge in [0, 0.05) is 24.9 Å². The lowest BCUT2D eigenvalue weighted by Crippen LogP contribution is -2.43. The Morgan fingerprint density at radius 1 is 1.67 bits per heavy atom. The molecule has 2 unspecified atom stereocenters. The Hall–Kier alpha value is -0.260. The Balaban J connectivity index is 2.49. The molecule has 15 heavy (non-hydrogen) atoms. The number of carboxylic acid groups (broad SMARTS) is 1. The maximum absolute atomic E-state index is 10.7. The molecule has 1 heterocycles. The van der Waals surface area contributed by atoms with E-state index in [1.165, 1.54) is 0 Å². The summed E-state index contributed by atoms with van der Waals surface area (Å²) in [5, 5.41) is 9.37. The third-order valence-corrected chi connectivity index (χ3v) is 4.04. The normalized spacial score (nSPS) is 26.1. The molecule has 0 amide bonds. The quantitative estimate of drug-likeness (QED) is 0.739. The van der Waals surface area contributed by atoms with Gasteiger partial charge in [0.2, 0.25) is 0 Å². The van der Waals surface area contributed by atoms with Gasteiger partial charge in [-0.1, -0.05) is 6.92 Å². The smallest absolute Gasteiger partial charge is 0.317 e. The van der Waals surface area contributed by atoms with Gasteiger partial charge in [-0.2, -0.15) is 11.8 Å². The number of carbonyl (C=O) groups is 1. The van der Waals surface area contributed by atoms with Crippen LogP contribution in [0.15, 0.2) is 0 Å². The van der Waals surface area contributed by atoms with Gasteiger partial charge in [-0.15, -0.1) is 0 Å². The fourth-order valence-corrected chi connectivity index (χ4v) is 3.22. The molecule has 1 aliphatic heterocycles. The molecule has 1 rings (SSSR count). The van der Waals surface area contributed by atoms with Crippen molar-refractivity contribution in [3.8, 4) is 0 Å². The van der Waals surface area contributed by atoms with Crippen molar-refractivity contribution in [2.24, 2.45) is 0 Å². The van der Waals surface area contributed by atoms with Crippen LogP contribution < -0.4 is 0 Å². The van der Waals surface area contributed by atoms with E-state index in [4.69, 9.17) is 9.84 Å². The lowest BCUT2D eigenvalue weighted by molar-refractivity contribution is -0.139. The van der Waals surface area contributed by atoms with Gasteiger partial charge in [-0.25, -0.2) is 0 Å². The first-order chi connectivity index (χ1) is 7.15. The highest BCUT2D eigenvalue weighted by molar-refractivity contribution is 8.00. The van der Waals surface area contributed by atoms with E-state index in [-0.39, 0.29) is 6.54 Å². The topological polar surface area (TPSA) is 49.8 Å². The first kappa shape index (κ1) is 12.8. The highest BCUT2D eigenvalue weighted by Crippen LogP contribution is 2.29. The van der Waals surface area contributed by atoms with Crippen LogP contribution in [0.5, 0.6) is 0 Å². The van der Waals surface area contributed by atoms with Gasteiger partial charge in [0.05, 0.1) is 13.2 Å². The number of thioether (sulfide) groups is 1. The molecule has 1 N–H and O–H groups in total. The minimum atomic E-state index is -0.754. The zero-order valence-corrected chi connectivity index (χ0v) is 10.1. The number of aliphatic carboxylic acids is 1. The van der Waals surface area contributed by atoms with Crippen LogP contribution in [0.1, 0.15) is 13.3 Å². The molecule has 88 valence electrons. The van der Waals surface area contributed by atoms with E-state index in [0.717, 1.165) is 12.2 Å². The van der Waals surface area contributed by atoms with Gasteiger partial charge in [-0.3, -0.25) is 9.69 Å². The van der Waals surface area contributed by atoms with E-state index >= 15 is 0 Å². The van der Waals surface area contributed by atoms with Crippen molar-refractivity contribution in [2.75, 3.05) is 32.6 Å². The molecule has 0 aliphatic carbocycles. The first-order valence-corrected chi connectivity index (χ1v) is 6.26. The zero-order valence-electron chi connectivity index (χ0n) is 9.31. The summed E-state index contributed by atoms with van der Waals surface area (Å²) in [6, 6.07) is 0.390. The van der Waals surface area contributed by atoms with Crippen LogP contribution in [0.25, 0.3) is 0 Å². The second-order valence-corrected chi connectivity index (χ2v) is 5.27. The Morgan fingerprint density at radius 3 is 2.87 bits per heavy atom. The first-order valence-electron chi connectivity index (χ1n) is 5.21. The molecule has 1 saturated heterocycles. The zero-order chi connectivity index (χ0) is 11.3. The van der Waals surface area contributed by atoms with Crippen LogP contribution in [0.2, 0.25) is 0 Å². The summed E-state index contributed by atoms with van der Waals surface area (Å²) in [7, 11) is 1.64.